The molecular formula is C35H47NO3. The Labute approximate surface area is 236 Å². The van der Waals surface area contributed by atoms with Gasteiger partial charge in [-0.05, 0) is 80.2 Å². The Bertz CT molecular complexity index is 1050. The van der Waals surface area contributed by atoms with Crippen LogP contribution in [0, 0.1) is 16.7 Å². The van der Waals surface area contributed by atoms with E-state index in [4.69, 9.17) is 9.47 Å². The number of unbranched alkanes of at least 4 members (excludes halogenated alkanes) is 5. The number of nitrogens with zero attached hydrogens (tertiary/aromatic N) is 1. The Morgan fingerprint density at radius 2 is 1.69 bits per heavy atom. The van der Waals surface area contributed by atoms with Crippen molar-refractivity contribution in [2.75, 3.05) is 6.61 Å². The molecule has 2 aromatic carbocycles. The minimum Gasteiger partial charge on any atom is -0.491 e. The zero-order valence-corrected chi connectivity index (χ0v) is 24.1. The maximum Gasteiger partial charge on any atom is 0.330 e. The molecule has 0 aliphatic heterocycles. The van der Waals surface area contributed by atoms with Gasteiger partial charge in [0, 0.05) is 6.08 Å². The second kappa shape index (κ2) is 16.1. The molecule has 3 atom stereocenters. The number of hydrogen-bond acceptors (Lipinski definition) is 4. The SMILES string of the molecule is C=CC(=O)OCCCCCCCCC1(C#N)CCCC(c2ccc(-c3ccc(OC(C)CCC)cc3)cc2)C1. The highest BCUT2D eigenvalue weighted by Crippen LogP contribution is 2.47. The normalized spacial score (nSPS) is 19.6. The lowest BCUT2D eigenvalue weighted by molar-refractivity contribution is -0.137. The Morgan fingerprint density at radius 1 is 1.05 bits per heavy atom. The summed E-state index contributed by atoms with van der Waals surface area (Å²) in [6.45, 7) is 8.19. The quantitative estimate of drug-likeness (QED) is 0.123. The summed E-state index contributed by atoms with van der Waals surface area (Å²) in [6, 6.07) is 20.2. The molecule has 0 N–H and O–H groups in total. The summed E-state index contributed by atoms with van der Waals surface area (Å²) >= 11 is 0. The van der Waals surface area contributed by atoms with Crippen LogP contribution in [0.2, 0.25) is 0 Å². The lowest BCUT2D eigenvalue weighted by Crippen LogP contribution is -2.26. The van der Waals surface area contributed by atoms with E-state index in [1.807, 2.05) is 0 Å². The molecule has 0 heterocycles. The third-order valence-corrected chi connectivity index (χ3v) is 8.15. The van der Waals surface area contributed by atoms with Crippen LogP contribution in [0.1, 0.15) is 109 Å². The zero-order valence-electron chi connectivity index (χ0n) is 24.1. The zero-order chi connectivity index (χ0) is 27.9. The molecule has 0 saturated heterocycles. The molecule has 0 radical (unpaired) electrons. The Morgan fingerprint density at radius 3 is 2.33 bits per heavy atom. The van der Waals surface area contributed by atoms with Crippen LogP contribution in [-0.4, -0.2) is 18.7 Å². The summed E-state index contributed by atoms with van der Waals surface area (Å²) in [6.07, 6.45) is 15.5. The van der Waals surface area contributed by atoms with Crippen LogP contribution in [0.4, 0.5) is 0 Å². The van der Waals surface area contributed by atoms with Gasteiger partial charge in [-0.2, -0.15) is 5.26 Å². The number of rotatable bonds is 16. The summed E-state index contributed by atoms with van der Waals surface area (Å²) in [5.74, 6) is 1.05. The van der Waals surface area contributed by atoms with E-state index in [9.17, 15) is 10.1 Å². The van der Waals surface area contributed by atoms with Crippen molar-refractivity contribution in [2.24, 2.45) is 5.41 Å². The average Bonchev–Trinajstić information content (AvgIpc) is 2.97. The fourth-order valence-electron chi connectivity index (χ4n) is 5.91. The van der Waals surface area contributed by atoms with E-state index in [2.05, 4.69) is 75.0 Å². The Balaban J connectivity index is 1.45. The van der Waals surface area contributed by atoms with Gasteiger partial charge < -0.3 is 9.47 Å². The van der Waals surface area contributed by atoms with Gasteiger partial charge in [0.15, 0.2) is 0 Å². The second-order valence-corrected chi connectivity index (χ2v) is 11.3. The monoisotopic (exact) mass is 529 g/mol. The average molecular weight is 530 g/mol. The number of benzene rings is 2. The molecule has 3 unspecified atom stereocenters. The van der Waals surface area contributed by atoms with Crippen molar-refractivity contribution >= 4 is 5.97 Å². The number of ether oxygens (including phenoxy) is 2. The molecular weight excluding hydrogens is 482 g/mol. The van der Waals surface area contributed by atoms with E-state index >= 15 is 0 Å². The minimum absolute atomic E-state index is 0.189. The molecule has 0 spiro atoms. The molecule has 1 saturated carbocycles. The molecule has 4 nitrogen and oxygen atoms in total. The van der Waals surface area contributed by atoms with E-state index in [1.54, 1.807) is 0 Å². The molecule has 1 fully saturated rings. The predicted octanol–water partition coefficient (Wildman–Crippen LogP) is 9.55. The molecule has 39 heavy (non-hydrogen) atoms. The van der Waals surface area contributed by atoms with Gasteiger partial charge in [0.1, 0.15) is 5.75 Å². The third-order valence-electron chi connectivity index (χ3n) is 8.15. The second-order valence-electron chi connectivity index (χ2n) is 11.3. The fourth-order valence-corrected chi connectivity index (χ4v) is 5.91. The van der Waals surface area contributed by atoms with Crippen molar-refractivity contribution < 1.29 is 14.3 Å². The smallest absolute Gasteiger partial charge is 0.330 e. The predicted molar refractivity (Wildman–Crippen MR) is 160 cm³/mol. The van der Waals surface area contributed by atoms with Gasteiger partial charge in [-0.1, -0.05) is 94.8 Å². The number of esters is 1. The maximum atomic E-state index is 11.1. The van der Waals surface area contributed by atoms with Crippen molar-refractivity contribution in [3.05, 3.63) is 66.7 Å². The summed E-state index contributed by atoms with van der Waals surface area (Å²) in [4.78, 5) is 11.1. The van der Waals surface area contributed by atoms with Gasteiger partial charge in [0.05, 0.1) is 24.2 Å². The van der Waals surface area contributed by atoms with Crippen LogP contribution in [-0.2, 0) is 9.53 Å². The number of nitriles is 1. The Kier molecular flexibility index (Phi) is 12.6. The molecule has 0 bridgehead atoms. The van der Waals surface area contributed by atoms with Gasteiger partial charge in [-0.25, -0.2) is 4.79 Å². The Hall–Kier alpha value is -3.06. The van der Waals surface area contributed by atoms with Crippen LogP contribution >= 0.6 is 0 Å². The third kappa shape index (κ3) is 9.88. The summed E-state index contributed by atoms with van der Waals surface area (Å²) in [5.41, 5.74) is 3.59. The first-order valence-electron chi connectivity index (χ1n) is 15.1. The molecule has 0 amide bonds. The van der Waals surface area contributed by atoms with E-state index < -0.39 is 0 Å². The fraction of sp³-hybridized carbons (Fsp3) is 0.543. The van der Waals surface area contributed by atoms with Gasteiger partial charge in [-0.15, -0.1) is 0 Å². The molecule has 2 aromatic rings. The lowest BCUT2D eigenvalue weighted by atomic mass is 9.66. The van der Waals surface area contributed by atoms with E-state index in [0.717, 1.165) is 76.4 Å². The highest BCUT2D eigenvalue weighted by Gasteiger charge is 2.36. The van der Waals surface area contributed by atoms with Crippen LogP contribution < -0.4 is 4.74 Å². The van der Waals surface area contributed by atoms with Crippen molar-refractivity contribution in [3.8, 4) is 22.9 Å². The van der Waals surface area contributed by atoms with E-state index in [1.165, 1.54) is 35.6 Å². The molecule has 3 rings (SSSR count). The van der Waals surface area contributed by atoms with Crippen LogP contribution in [0.25, 0.3) is 11.1 Å². The summed E-state index contributed by atoms with van der Waals surface area (Å²) in [7, 11) is 0. The summed E-state index contributed by atoms with van der Waals surface area (Å²) in [5, 5.41) is 10.2. The highest BCUT2D eigenvalue weighted by molar-refractivity contribution is 5.81. The van der Waals surface area contributed by atoms with Gasteiger partial charge in [0.25, 0.3) is 0 Å². The van der Waals surface area contributed by atoms with Crippen LogP contribution in [0.15, 0.2) is 61.2 Å². The minimum atomic E-state index is -0.341. The van der Waals surface area contributed by atoms with E-state index in [0.29, 0.717) is 12.5 Å². The number of carbonyl (C=O) groups excluding carboxylic acids is 1. The van der Waals surface area contributed by atoms with E-state index in [-0.39, 0.29) is 17.5 Å². The van der Waals surface area contributed by atoms with Crippen LogP contribution in [0.3, 0.4) is 0 Å². The van der Waals surface area contributed by atoms with Crippen molar-refractivity contribution in [1.29, 1.82) is 5.26 Å². The standard InChI is InChI=1S/C35H47NO3/c1-4-13-28(3)39-33-21-19-30(20-22-33)29-15-17-31(18-16-29)32-14-12-24-35(26-32,27-36)23-10-8-6-7-9-11-25-38-34(37)5-2/h5,15-22,28,32H,2,4,6-14,23-26H2,1,3H3. The van der Waals surface area contributed by atoms with Gasteiger partial charge in [-0.3, -0.25) is 0 Å². The molecule has 4 heteroatoms. The molecule has 1 aliphatic rings. The maximum absolute atomic E-state index is 11.1. The van der Waals surface area contributed by atoms with Gasteiger partial charge >= 0.3 is 5.97 Å². The van der Waals surface area contributed by atoms with Crippen molar-refractivity contribution in [2.45, 2.75) is 109 Å². The number of hydrogen-bond donors (Lipinski definition) is 0. The molecule has 210 valence electrons. The summed E-state index contributed by atoms with van der Waals surface area (Å²) < 4.78 is 11.0. The lowest BCUT2D eigenvalue weighted by Gasteiger charge is -2.36. The first-order chi connectivity index (χ1) is 19.0. The molecule has 0 aromatic heterocycles. The van der Waals surface area contributed by atoms with Crippen molar-refractivity contribution in [3.63, 3.8) is 0 Å². The van der Waals surface area contributed by atoms with Crippen LogP contribution in [0.5, 0.6) is 5.75 Å². The van der Waals surface area contributed by atoms with Gasteiger partial charge in [0.2, 0.25) is 0 Å². The number of carbonyl (C=O) groups is 1. The molecule has 1 aliphatic carbocycles. The largest absolute Gasteiger partial charge is 0.491 e. The first-order valence-corrected chi connectivity index (χ1v) is 15.1. The highest BCUT2D eigenvalue weighted by atomic mass is 16.5. The van der Waals surface area contributed by atoms with Crippen molar-refractivity contribution in [1.82, 2.24) is 0 Å². The first kappa shape index (κ1) is 30.5. The topological polar surface area (TPSA) is 59.3 Å².